The predicted octanol–water partition coefficient (Wildman–Crippen LogP) is 2.80. The smallest absolute Gasteiger partial charge is 0.0622 e. The summed E-state index contributed by atoms with van der Waals surface area (Å²) in [6.45, 7) is 6.90. The van der Waals surface area contributed by atoms with Gasteiger partial charge in [0.05, 0.1) is 6.61 Å². The monoisotopic (exact) mass is 233 g/mol. The van der Waals surface area contributed by atoms with Crippen molar-refractivity contribution in [3.05, 3.63) is 35.9 Å². The van der Waals surface area contributed by atoms with Crippen LogP contribution in [0.15, 0.2) is 30.3 Å². The van der Waals surface area contributed by atoms with Crippen LogP contribution in [0, 0.1) is 5.92 Å². The summed E-state index contributed by atoms with van der Waals surface area (Å²) in [4.78, 5) is 0. The molecule has 2 rings (SSSR count). The van der Waals surface area contributed by atoms with Gasteiger partial charge in [-0.15, -0.1) is 0 Å². The summed E-state index contributed by atoms with van der Waals surface area (Å²) in [6, 6.07) is 11.4. The predicted molar refractivity (Wildman–Crippen MR) is 71.2 cm³/mol. The van der Waals surface area contributed by atoms with Crippen LogP contribution in [0.4, 0.5) is 0 Å². The number of ether oxygens (including phenoxy) is 1. The molecular weight excluding hydrogens is 210 g/mol. The third-order valence-corrected chi connectivity index (χ3v) is 3.55. The molecule has 2 nitrogen and oxygen atoms in total. The highest BCUT2D eigenvalue weighted by Gasteiger charge is 2.43. The Balaban J connectivity index is 1.90. The summed E-state index contributed by atoms with van der Waals surface area (Å²) in [5.74, 6) is 1.49. The maximum absolute atomic E-state index is 5.57. The number of benzene rings is 1. The molecule has 0 aromatic heterocycles. The van der Waals surface area contributed by atoms with E-state index in [0.717, 1.165) is 31.6 Å². The molecule has 2 heteroatoms. The molecule has 1 aliphatic rings. The average molecular weight is 233 g/mol. The first-order chi connectivity index (χ1) is 8.36. The first kappa shape index (κ1) is 12.6. The number of nitrogens with one attached hydrogen (secondary N) is 1. The minimum atomic E-state index is 0.519. The highest BCUT2D eigenvalue weighted by atomic mass is 16.5. The Morgan fingerprint density at radius 1 is 1.29 bits per heavy atom. The lowest BCUT2D eigenvalue weighted by atomic mass is 10.1. The molecule has 3 atom stereocenters. The highest BCUT2D eigenvalue weighted by molar-refractivity contribution is 5.26. The molecule has 1 aliphatic carbocycles. The van der Waals surface area contributed by atoms with E-state index in [2.05, 4.69) is 49.5 Å². The summed E-state index contributed by atoms with van der Waals surface area (Å²) in [5, 5.41) is 3.55. The molecule has 1 aromatic rings. The van der Waals surface area contributed by atoms with Crippen molar-refractivity contribution in [3.63, 3.8) is 0 Å². The van der Waals surface area contributed by atoms with Gasteiger partial charge in [-0.3, -0.25) is 0 Å². The minimum absolute atomic E-state index is 0.519. The van der Waals surface area contributed by atoms with Crippen LogP contribution >= 0.6 is 0 Å². The third kappa shape index (κ3) is 3.30. The average Bonchev–Trinajstić information content (AvgIpc) is 3.16. The lowest BCUT2D eigenvalue weighted by Crippen LogP contribution is -2.35. The Hall–Kier alpha value is -0.860. The van der Waals surface area contributed by atoms with Gasteiger partial charge >= 0.3 is 0 Å². The minimum Gasteiger partial charge on any atom is -0.380 e. The molecule has 0 bridgehead atoms. The number of hydrogen-bond acceptors (Lipinski definition) is 2. The van der Waals surface area contributed by atoms with Crippen LogP contribution in [0.1, 0.15) is 31.7 Å². The molecule has 0 saturated heterocycles. The fourth-order valence-electron chi connectivity index (χ4n) is 2.58. The maximum Gasteiger partial charge on any atom is 0.0622 e. The normalized spacial score (nSPS) is 24.6. The number of rotatable bonds is 7. The second-order valence-electron chi connectivity index (χ2n) is 4.74. The first-order valence-corrected chi connectivity index (χ1v) is 6.72. The van der Waals surface area contributed by atoms with Crippen molar-refractivity contribution in [2.45, 2.75) is 32.2 Å². The van der Waals surface area contributed by atoms with E-state index >= 15 is 0 Å². The third-order valence-electron chi connectivity index (χ3n) is 3.55. The Morgan fingerprint density at radius 2 is 2.06 bits per heavy atom. The van der Waals surface area contributed by atoms with E-state index in [4.69, 9.17) is 4.74 Å². The van der Waals surface area contributed by atoms with Gasteiger partial charge in [-0.2, -0.15) is 0 Å². The van der Waals surface area contributed by atoms with Crippen LogP contribution in [0.25, 0.3) is 0 Å². The molecule has 17 heavy (non-hydrogen) atoms. The fraction of sp³-hybridized carbons (Fsp3) is 0.600. The van der Waals surface area contributed by atoms with Gasteiger partial charge in [-0.25, -0.2) is 0 Å². The Morgan fingerprint density at radius 3 is 2.71 bits per heavy atom. The van der Waals surface area contributed by atoms with E-state index < -0.39 is 0 Å². The summed E-state index contributed by atoms with van der Waals surface area (Å²) >= 11 is 0. The zero-order valence-corrected chi connectivity index (χ0v) is 10.9. The summed E-state index contributed by atoms with van der Waals surface area (Å²) in [6.07, 6.45) is 1.30. The van der Waals surface area contributed by atoms with Crippen LogP contribution in [-0.2, 0) is 4.74 Å². The topological polar surface area (TPSA) is 21.3 Å². The van der Waals surface area contributed by atoms with Crippen molar-refractivity contribution in [3.8, 4) is 0 Å². The van der Waals surface area contributed by atoms with Gasteiger partial charge in [0.2, 0.25) is 0 Å². The fourth-order valence-corrected chi connectivity index (χ4v) is 2.58. The molecule has 0 amide bonds. The first-order valence-electron chi connectivity index (χ1n) is 6.72. The molecule has 3 unspecified atom stereocenters. The van der Waals surface area contributed by atoms with E-state index in [1.54, 1.807) is 0 Å². The van der Waals surface area contributed by atoms with Gasteiger partial charge in [0, 0.05) is 12.6 Å². The zero-order valence-electron chi connectivity index (χ0n) is 10.9. The standard InChI is InChI=1S/C15H23NO/c1-3-16-15(11-17-4-2)14-10-13(14)12-8-6-5-7-9-12/h5-9,13-16H,3-4,10-11H2,1-2H3. The van der Waals surface area contributed by atoms with Gasteiger partial charge in [0.15, 0.2) is 0 Å². The molecule has 0 heterocycles. The Bertz CT molecular complexity index is 325. The molecule has 94 valence electrons. The van der Waals surface area contributed by atoms with Crippen molar-refractivity contribution in [1.29, 1.82) is 0 Å². The van der Waals surface area contributed by atoms with E-state index in [1.165, 1.54) is 12.0 Å². The number of hydrogen-bond donors (Lipinski definition) is 1. The quantitative estimate of drug-likeness (QED) is 0.782. The van der Waals surface area contributed by atoms with E-state index in [9.17, 15) is 0 Å². The molecule has 1 N–H and O–H groups in total. The molecule has 0 spiro atoms. The lowest BCUT2D eigenvalue weighted by molar-refractivity contribution is 0.116. The van der Waals surface area contributed by atoms with Crippen LogP contribution in [0.2, 0.25) is 0 Å². The van der Waals surface area contributed by atoms with Crippen LogP contribution in [0.3, 0.4) is 0 Å². The van der Waals surface area contributed by atoms with Crippen molar-refractivity contribution < 1.29 is 4.74 Å². The van der Waals surface area contributed by atoms with Crippen molar-refractivity contribution >= 4 is 0 Å². The Labute approximate surface area is 104 Å². The SMILES string of the molecule is CCNC(COCC)C1CC1c1ccccc1. The van der Waals surface area contributed by atoms with Gasteiger partial charge < -0.3 is 10.1 Å². The molecule has 0 aliphatic heterocycles. The van der Waals surface area contributed by atoms with E-state index in [-0.39, 0.29) is 0 Å². The molecule has 1 fully saturated rings. The molecule has 1 aromatic carbocycles. The van der Waals surface area contributed by atoms with Crippen molar-refractivity contribution in [2.75, 3.05) is 19.8 Å². The summed E-state index contributed by atoms with van der Waals surface area (Å²) in [5.41, 5.74) is 1.48. The van der Waals surface area contributed by atoms with Gasteiger partial charge in [-0.1, -0.05) is 37.3 Å². The lowest BCUT2D eigenvalue weighted by Gasteiger charge is -2.17. The van der Waals surface area contributed by atoms with Gasteiger partial charge in [0.25, 0.3) is 0 Å². The highest BCUT2D eigenvalue weighted by Crippen LogP contribution is 2.49. The Kier molecular flexibility index (Phi) is 4.57. The summed E-state index contributed by atoms with van der Waals surface area (Å²) < 4.78 is 5.57. The molecule has 0 radical (unpaired) electrons. The van der Waals surface area contributed by atoms with Crippen LogP contribution < -0.4 is 5.32 Å². The van der Waals surface area contributed by atoms with Crippen molar-refractivity contribution in [2.24, 2.45) is 5.92 Å². The van der Waals surface area contributed by atoms with Crippen molar-refractivity contribution in [1.82, 2.24) is 5.32 Å². The molecular formula is C15H23NO. The summed E-state index contributed by atoms with van der Waals surface area (Å²) in [7, 11) is 0. The van der Waals surface area contributed by atoms with Crippen LogP contribution in [-0.4, -0.2) is 25.8 Å². The van der Waals surface area contributed by atoms with Crippen LogP contribution in [0.5, 0.6) is 0 Å². The van der Waals surface area contributed by atoms with Gasteiger partial charge in [-0.05, 0) is 37.3 Å². The van der Waals surface area contributed by atoms with E-state index in [0.29, 0.717) is 6.04 Å². The second-order valence-corrected chi connectivity index (χ2v) is 4.74. The second kappa shape index (κ2) is 6.18. The van der Waals surface area contributed by atoms with Gasteiger partial charge in [0.1, 0.15) is 0 Å². The maximum atomic E-state index is 5.57. The molecule has 1 saturated carbocycles. The van der Waals surface area contributed by atoms with E-state index in [1.807, 2.05) is 0 Å². The number of likely N-dealkylation sites (N-methyl/N-ethyl adjacent to an activating group) is 1. The largest absolute Gasteiger partial charge is 0.380 e. The zero-order chi connectivity index (χ0) is 12.1.